The van der Waals surface area contributed by atoms with Crippen molar-refractivity contribution in [1.82, 2.24) is 0 Å². The predicted octanol–water partition coefficient (Wildman–Crippen LogP) is 6.28. The van der Waals surface area contributed by atoms with Gasteiger partial charge in [0.05, 0.1) is 5.56 Å². The van der Waals surface area contributed by atoms with Crippen molar-refractivity contribution in [3.8, 4) is 0 Å². The fourth-order valence-corrected chi connectivity index (χ4v) is 4.34. The number of thiophene rings is 1. The normalized spacial score (nSPS) is 11.1. The van der Waals surface area contributed by atoms with Gasteiger partial charge in [0.1, 0.15) is 0 Å². The second-order valence-corrected chi connectivity index (χ2v) is 9.65. The minimum Gasteiger partial charge on any atom is -0.326 e. The molecule has 0 radical (unpaired) electrons. The Bertz CT molecular complexity index is 992. The van der Waals surface area contributed by atoms with E-state index >= 15 is 0 Å². The first-order valence-corrected chi connectivity index (χ1v) is 11.2. The third-order valence-corrected chi connectivity index (χ3v) is 6.32. The zero-order chi connectivity index (χ0) is 20.9. The largest absolute Gasteiger partial charge is 0.326 e. The number of nitrogens with one attached hydrogen (secondary N) is 2. The molecule has 0 aliphatic rings. The molecule has 0 spiro atoms. The Morgan fingerprint density at radius 3 is 2.34 bits per heavy atom. The van der Waals surface area contributed by atoms with E-state index in [0.29, 0.717) is 16.9 Å². The van der Waals surface area contributed by atoms with Gasteiger partial charge >= 0.3 is 0 Å². The molecule has 150 valence electrons. The molecule has 0 aliphatic carbocycles. The van der Waals surface area contributed by atoms with E-state index in [0.717, 1.165) is 10.6 Å². The Morgan fingerprint density at radius 1 is 0.931 bits per heavy atom. The number of amides is 2. The lowest BCUT2D eigenvalue weighted by molar-refractivity contribution is -0.123. The van der Waals surface area contributed by atoms with Crippen LogP contribution < -0.4 is 10.6 Å². The van der Waals surface area contributed by atoms with Crippen LogP contribution in [0.1, 0.15) is 36.0 Å². The maximum atomic E-state index is 12.9. The Labute approximate surface area is 179 Å². The first-order valence-electron chi connectivity index (χ1n) is 9.30. The highest BCUT2D eigenvalue weighted by Crippen LogP contribution is 2.29. The average Bonchev–Trinajstić information content (AvgIpc) is 3.20. The van der Waals surface area contributed by atoms with E-state index in [-0.39, 0.29) is 11.8 Å². The number of carbonyl (C=O) groups is 2. The summed E-state index contributed by atoms with van der Waals surface area (Å²) >= 11 is 3.36. The van der Waals surface area contributed by atoms with Crippen LogP contribution in [0, 0.1) is 5.41 Å². The van der Waals surface area contributed by atoms with Crippen LogP contribution in [-0.4, -0.2) is 11.8 Å². The van der Waals surface area contributed by atoms with Gasteiger partial charge in [-0.15, -0.1) is 23.1 Å². The summed E-state index contributed by atoms with van der Waals surface area (Å²) in [5.74, 6) is 0.589. The van der Waals surface area contributed by atoms with Gasteiger partial charge < -0.3 is 10.6 Å². The summed E-state index contributed by atoms with van der Waals surface area (Å²) in [5.41, 5.74) is 1.44. The molecule has 2 aromatic carbocycles. The number of thioether (sulfide) groups is 1. The minimum atomic E-state index is -0.488. The topological polar surface area (TPSA) is 58.2 Å². The van der Waals surface area contributed by atoms with E-state index in [1.807, 2.05) is 69.3 Å². The van der Waals surface area contributed by atoms with Gasteiger partial charge in [0.15, 0.2) is 0 Å². The Hall–Kier alpha value is -2.57. The molecular formula is C23H24N2O2S2. The molecule has 0 bridgehead atoms. The summed E-state index contributed by atoms with van der Waals surface area (Å²) in [7, 11) is 0. The van der Waals surface area contributed by atoms with Gasteiger partial charge in [-0.3, -0.25) is 9.59 Å². The zero-order valence-electron chi connectivity index (χ0n) is 16.7. The fourth-order valence-electron chi connectivity index (χ4n) is 2.52. The van der Waals surface area contributed by atoms with Gasteiger partial charge in [0.2, 0.25) is 5.91 Å². The van der Waals surface area contributed by atoms with Gasteiger partial charge in [0.25, 0.3) is 5.91 Å². The SMILES string of the molecule is CC(C)(C)C(=O)Nc1cccc(NC(=O)c2ccccc2SCc2cccs2)c1. The maximum absolute atomic E-state index is 12.9. The Balaban J connectivity index is 1.70. The van der Waals surface area contributed by atoms with Crippen LogP contribution in [0.2, 0.25) is 0 Å². The van der Waals surface area contributed by atoms with Gasteiger partial charge in [-0.05, 0) is 41.8 Å². The van der Waals surface area contributed by atoms with Crippen molar-refractivity contribution in [3.05, 3.63) is 76.5 Å². The molecule has 1 heterocycles. The van der Waals surface area contributed by atoms with Crippen LogP contribution >= 0.6 is 23.1 Å². The molecule has 0 saturated heterocycles. The number of carbonyl (C=O) groups excluding carboxylic acids is 2. The van der Waals surface area contributed by atoms with Crippen LogP contribution in [0.25, 0.3) is 0 Å². The Morgan fingerprint density at radius 2 is 1.66 bits per heavy atom. The van der Waals surface area contributed by atoms with Crippen molar-refractivity contribution in [2.75, 3.05) is 10.6 Å². The zero-order valence-corrected chi connectivity index (χ0v) is 18.3. The molecule has 3 rings (SSSR count). The van der Waals surface area contributed by atoms with E-state index in [1.165, 1.54) is 4.88 Å². The molecule has 0 fully saturated rings. The van der Waals surface area contributed by atoms with Crippen LogP contribution in [0.5, 0.6) is 0 Å². The van der Waals surface area contributed by atoms with Gasteiger partial charge in [-0.2, -0.15) is 0 Å². The molecule has 0 saturated carbocycles. The maximum Gasteiger partial charge on any atom is 0.256 e. The standard InChI is InChI=1S/C23H24N2O2S2/c1-23(2,3)22(27)25-17-9-6-8-16(14-17)24-21(26)19-11-4-5-12-20(19)29-15-18-10-7-13-28-18/h4-14H,15H2,1-3H3,(H,24,26)(H,25,27). The number of benzene rings is 2. The summed E-state index contributed by atoms with van der Waals surface area (Å²) in [6.45, 7) is 5.58. The first-order chi connectivity index (χ1) is 13.8. The summed E-state index contributed by atoms with van der Waals surface area (Å²) in [6.07, 6.45) is 0. The van der Waals surface area contributed by atoms with Crippen molar-refractivity contribution in [1.29, 1.82) is 0 Å². The van der Waals surface area contributed by atoms with E-state index in [2.05, 4.69) is 22.1 Å². The molecule has 0 aliphatic heterocycles. The van der Waals surface area contributed by atoms with Gasteiger partial charge in [-0.25, -0.2) is 0 Å². The third-order valence-electron chi connectivity index (χ3n) is 4.14. The predicted molar refractivity (Wildman–Crippen MR) is 123 cm³/mol. The molecule has 0 atom stereocenters. The lowest BCUT2D eigenvalue weighted by Gasteiger charge is -2.18. The van der Waals surface area contributed by atoms with Crippen molar-refractivity contribution < 1.29 is 9.59 Å². The smallest absolute Gasteiger partial charge is 0.256 e. The second kappa shape index (κ2) is 9.29. The molecule has 3 aromatic rings. The lowest BCUT2D eigenvalue weighted by atomic mass is 9.95. The molecule has 29 heavy (non-hydrogen) atoms. The molecule has 2 N–H and O–H groups in total. The van der Waals surface area contributed by atoms with Crippen LogP contribution in [0.4, 0.5) is 11.4 Å². The molecule has 4 nitrogen and oxygen atoms in total. The minimum absolute atomic E-state index is 0.0729. The van der Waals surface area contributed by atoms with Gasteiger partial charge in [-0.1, -0.05) is 45.0 Å². The summed E-state index contributed by atoms with van der Waals surface area (Å²) in [4.78, 5) is 27.3. The molecule has 0 unspecified atom stereocenters. The van der Waals surface area contributed by atoms with E-state index < -0.39 is 5.41 Å². The van der Waals surface area contributed by atoms with Gasteiger partial charge in [0, 0.05) is 32.3 Å². The average molecular weight is 425 g/mol. The van der Waals surface area contributed by atoms with Crippen LogP contribution in [0.15, 0.2) is 70.9 Å². The highest BCUT2D eigenvalue weighted by Gasteiger charge is 2.21. The molecule has 6 heteroatoms. The second-order valence-electron chi connectivity index (χ2n) is 7.60. The molecular weight excluding hydrogens is 400 g/mol. The van der Waals surface area contributed by atoms with E-state index in [1.54, 1.807) is 29.2 Å². The summed E-state index contributed by atoms with van der Waals surface area (Å²) in [6, 6.07) is 18.9. The van der Waals surface area contributed by atoms with Crippen LogP contribution in [-0.2, 0) is 10.5 Å². The number of hydrogen-bond acceptors (Lipinski definition) is 4. The summed E-state index contributed by atoms with van der Waals surface area (Å²) in [5, 5.41) is 7.89. The van der Waals surface area contributed by atoms with E-state index in [9.17, 15) is 9.59 Å². The molecule has 1 aromatic heterocycles. The highest BCUT2D eigenvalue weighted by molar-refractivity contribution is 7.98. The van der Waals surface area contributed by atoms with Crippen molar-refractivity contribution in [3.63, 3.8) is 0 Å². The molecule has 2 amide bonds. The lowest BCUT2D eigenvalue weighted by Crippen LogP contribution is -2.27. The quantitative estimate of drug-likeness (QED) is 0.458. The fraction of sp³-hybridized carbons (Fsp3) is 0.217. The van der Waals surface area contributed by atoms with Crippen molar-refractivity contribution >= 4 is 46.3 Å². The number of anilines is 2. The first kappa shape index (κ1) is 21.1. The van der Waals surface area contributed by atoms with E-state index in [4.69, 9.17) is 0 Å². The Kier molecular flexibility index (Phi) is 6.77. The highest BCUT2D eigenvalue weighted by atomic mass is 32.2. The number of rotatable bonds is 6. The number of hydrogen-bond donors (Lipinski definition) is 2. The monoisotopic (exact) mass is 424 g/mol. The van der Waals surface area contributed by atoms with Crippen molar-refractivity contribution in [2.24, 2.45) is 5.41 Å². The van der Waals surface area contributed by atoms with Crippen LogP contribution in [0.3, 0.4) is 0 Å². The van der Waals surface area contributed by atoms with Crippen molar-refractivity contribution in [2.45, 2.75) is 31.4 Å². The summed E-state index contributed by atoms with van der Waals surface area (Å²) < 4.78 is 0. The third kappa shape index (κ3) is 5.95.